The normalized spacial score (nSPS) is 10.2. The molecular formula is C17H14N2O. The molecule has 20 heavy (non-hydrogen) atoms. The molecule has 0 saturated heterocycles. The Balaban J connectivity index is 1.95. The summed E-state index contributed by atoms with van der Waals surface area (Å²) in [4.78, 5) is 4.21. The number of anilines is 1. The highest BCUT2D eigenvalue weighted by Crippen LogP contribution is 2.27. The van der Waals surface area contributed by atoms with Gasteiger partial charge in [0.05, 0.1) is 0 Å². The number of aromatic nitrogens is 1. The van der Waals surface area contributed by atoms with Gasteiger partial charge in [0.1, 0.15) is 11.6 Å². The van der Waals surface area contributed by atoms with Crippen molar-refractivity contribution >= 4 is 5.82 Å². The van der Waals surface area contributed by atoms with Gasteiger partial charge in [-0.3, -0.25) is 0 Å². The van der Waals surface area contributed by atoms with Crippen LogP contribution in [-0.2, 0) is 0 Å². The van der Waals surface area contributed by atoms with Gasteiger partial charge in [0, 0.05) is 6.07 Å². The zero-order valence-corrected chi connectivity index (χ0v) is 10.9. The van der Waals surface area contributed by atoms with Crippen molar-refractivity contribution in [3.8, 4) is 22.8 Å². The van der Waals surface area contributed by atoms with Crippen LogP contribution >= 0.6 is 0 Å². The summed E-state index contributed by atoms with van der Waals surface area (Å²) in [6.07, 6.45) is 0. The summed E-state index contributed by atoms with van der Waals surface area (Å²) in [5.41, 5.74) is 7.93. The van der Waals surface area contributed by atoms with E-state index in [1.165, 1.54) is 0 Å². The van der Waals surface area contributed by atoms with E-state index in [1.807, 2.05) is 72.8 Å². The van der Waals surface area contributed by atoms with E-state index in [2.05, 4.69) is 4.98 Å². The highest BCUT2D eigenvalue weighted by Gasteiger charge is 2.05. The number of nitrogens with two attached hydrogens (primary N) is 1. The lowest BCUT2D eigenvalue weighted by Crippen LogP contribution is -1.95. The van der Waals surface area contributed by atoms with Crippen LogP contribution in [0.3, 0.4) is 0 Å². The molecule has 0 aliphatic heterocycles. The minimum Gasteiger partial charge on any atom is -0.439 e. The fraction of sp³-hybridized carbons (Fsp3) is 0. The van der Waals surface area contributed by atoms with Crippen molar-refractivity contribution in [1.29, 1.82) is 0 Å². The summed E-state index contributed by atoms with van der Waals surface area (Å²) in [5.74, 6) is 1.68. The van der Waals surface area contributed by atoms with Gasteiger partial charge in [-0.25, -0.2) is 0 Å². The van der Waals surface area contributed by atoms with E-state index in [0.29, 0.717) is 11.7 Å². The van der Waals surface area contributed by atoms with Crippen molar-refractivity contribution in [2.45, 2.75) is 0 Å². The molecular weight excluding hydrogens is 248 g/mol. The number of nitrogens with zero attached hydrogens (tertiary/aromatic N) is 1. The van der Waals surface area contributed by atoms with E-state index >= 15 is 0 Å². The largest absolute Gasteiger partial charge is 0.439 e. The molecule has 3 heteroatoms. The molecule has 0 atom stereocenters. The van der Waals surface area contributed by atoms with Crippen LogP contribution in [0.4, 0.5) is 5.82 Å². The average molecular weight is 262 g/mol. The maximum absolute atomic E-state index is 5.86. The smallest absolute Gasteiger partial charge is 0.221 e. The van der Waals surface area contributed by atoms with E-state index in [1.54, 1.807) is 0 Å². The molecule has 0 amide bonds. The molecule has 1 heterocycles. The monoisotopic (exact) mass is 262 g/mol. The van der Waals surface area contributed by atoms with E-state index in [9.17, 15) is 0 Å². The number of benzene rings is 2. The Hall–Kier alpha value is -2.81. The fourth-order valence-corrected chi connectivity index (χ4v) is 1.98. The quantitative estimate of drug-likeness (QED) is 0.772. The predicted molar refractivity (Wildman–Crippen MR) is 80.6 cm³/mol. The first-order chi connectivity index (χ1) is 9.81. The zero-order chi connectivity index (χ0) is 13.8. The van der Waals surface area contributed by atoms with Gasteiger partial charge >= 0.3 is 0 Å². The maximum Gasteiger partial charge on any atom is 0.221 e. The molecule has 0 aliphatic carbocycles. The Morgan fingerprint density at radius 1 is 0.750 bits per heavy atom. The first-order valence-electron chi connectivity index (χ1n) is 6.37. The Kier molecular flexibility index (Phi) is 3.33. The lowest BCUT2D eigenvalue weighted by molar-refractivity contribution is 0.464. The summed E-state index contributed by atoms with van der Waals surface area (Å²) >= 11 is 0. The lowest BCUT2D eigenvalue weighted by atomic mass is 10.1. The Morgan fingerprint density at radius 2 is 1.40 bits per heavy atom. The molecule has 0 saturated carbocycles. The molecule has 0 radical (unpaired) electrons. The maximum atomic E-state index is 5.86. The van der Waals surface area contributed by atoms with Gasteiger partial charge in [0.2, 0.25) is 5.88 Å². The summed E-state index contributed by atoms with van der Waals surface area (Å²) < 4.78 is 5.73. The van der Waals surface area contributed by atoms with Gasteiger partial charge in [-0.15, -0.1) is 0 Å². The van der Waals surface area contributed by atoms with Crippen molar-refractivity contribution in [2.75, 3.05) is 5.73 Å². The molecule has 98 valence electrons. The van der Waals surface area contributed by atoms with Crippen LogP contribution < -0.4 is 10.5 Å². The van der Waals surface area contributed by atoms with Crippen LogP contribution in [0.25, 0.3) is 11.1 Å². The number of ether oxygens (including phenoxy) is 1. The molecule has 0 spiro atoms. The van der Waals surface area contributed by atoms with Crippen molar-refractivity contribution in [3.63, 3.8) is 0 Å². The number of nitrogen functional groups attached to an aromatic ring is 1. The number of pyridine rings is 1. The van der Waals surface area contributed by atoms with Crippen LogP contribution in [0.5, 0.6) is 11.6 Å². The van der Waals surface area contributed by atoms with Gasteiger partial charge in [-0.2, -0.15) is 4.98 Å². The van der Waals surface area contributed by atoms with Crippen LogP contribution in [0, 0.1) is 0 Å². The van der Waals surface area contributed by atoms with E-state index in [0.717, 1.165) is 16.9 Å². The highest BCUT2D eigenvalue weighted by atomic mass is 16.5. The minimum absolute atomic E-state index is 0.442. The molecule has 1 aromatic heterocycles. The number of para-hydroxylation sites is 1. The topological polar surface area (TPSA) is 48.1 Å². The van der Waals surface area contributed by atoms with Crippen LogP contribution in [0.1, 0.15) is 0 Å². The zero-order valence-electron chi connectivity index (χ0n) is 10.9. The summed E-state index contributed by atoms with van der Waals surface area (Å²) in [5, 5.41) is 0. The second-order valence-corrected chi connectivity index (χ2v) is 4.40. The summed E-state index contributed by atoms with van der Waals surface area (Å²) in [6.45, 7) is 0. The predicted octanol–water partition coefficient (Wildman–Crippen LogP) is 4.12. The van der Waals surface area contributed by atoms with E-state index in [4.69, 9.17) is 10.5 Å². The molecule has 0 aliphatic rings. The summed E-state index contributed by atoms with van der Waals surface area (Å²) in [6, 6.07) is 23.3. The van der Waals surface area contributed by atoms with Gasteiger partial charge in [-0.1, -0.05) is 48.5 Å². The Morgan fingerprint density at radius 3 is 2.10 bits per heavy atom. The van der Waals surface area contributed by atoms with Crippen LogP contribution in [-0.4, -0.2) is 4.98 Å². The number of hydrogen-bond acceptors (Lipinski definition) is 3. The fourth-order valence-electron chi connectivity index (χ4n) is 1.98. The third-order valence-corrected chi connectivity index (χ3v) is 2.89. The van der Waals surface area contributed by atoms with Gasteiger partial charge < -0.3 is 10.5 Å². The molecule has 3 rings (SSSR count). The second kappa shape index (κ2) is 5.45. The molecule has 2 N–H and O–H groups in total. The van der Waals surface area contributed by atoms with Crippen LogP contribution in [0.15, 0.2) is 72.8 Å². The van der Waals surface area contributed by atoms with E-state index in [-0.39, 0.29) is 0 Å². The third-order valence-electron chi connectivity index (χ3n) is 2.89. The highest BCUT2D eigenvalue weighted by molar-refractivity contribution is 5.67. The van der Waals surface area contributed by atoms with Gasteiger partial charge in [0.25, 0.3) is 0 Å². The van der Waals surface area contributed by atoms with Crippen molar-refractivity contribution < 1.29 is 4.74 Å². The molecule has 0 fully saturated rings. The molecule has 0 bridgehead atoms. The average Bonchev–Trinajstić information content (AvgIpc) is 2.49. The second-order valence-electron chi connectivity index (χ2n) is 4.40. The number of hydrogen-bond donors (Lipinski definition) is 1. The number of rotatable bonds is 3. The first-order valence-corrected chi connectivity index (χ1v) is 6.37. The SMILES string of the molecule is Nc1cc(-c2ccccc2)cc(Oc2ccccc2)n1. The standard InChI is InChI=1S/C17H14N2O/c18-16-11-14(13-7-3-1-4-8-13)12-17(19-16)20-15-9-5-2-6-10-15/h1-12H,(H2,18,19). The van der Waals surface area contributed by atoms with Gasteiger partial charge in [-0.05, 0) is 29.3 Å². The van der Waals surface area contributed by atoms with Crippen molar-refractivity contribution in [2.24, 2.45) is 0 Å². The molecule has 2 aromatic carbocycles. The minimum atomic E-state index is 0.442. The molecule has 3 aromatic rings. The first kappa shape index (κ1) is 12.2. The third kappa shape index (κ3) is 2.78. The summed E-state index contributed by atoms with van der Waals surface area (Å²) in [7, 11) is 0. The molecule has 3 nitrogen and oxygen atoms in total. The van der Waals surface area contributed by atoms with E-state index < -0.39 is 0 Å². The van der Waals surface area contributed by atoms with Gasteiger partial charge in [0.15, 0.2) is 0 Å². The lowest BCUT2D eigenvalue weighted by Gasteiger charge is -2.08. The Bertz CT molecular complexity index is 697. The van der Waals surface area contributed by atoms with Crippen molar-refractivity contribution in [1.82, 2.24) is 4.98 Å². The van der Waals surface area contributed by atoms with Crippen molar-refractivity contribution in [3.05, 3.63) is 72.8 Å². The van der Waals surface area contributed by atoms with Crippen LogP contribution in [0.2, 0.25) is 0 Å². The molecule has 0 unspecified atom stereocenters. The Labute approximate surface area is 117 Å².